The Hall–Kier alpha value is -1.47. The molecule has 1 atom stereocenters. The van der Waals surface area contributed by atoms with Gasteiger partial charge >= 0.3 is 0 Å². The van der Waals surface area contributed by atoms with Gasteiger partial charge in [-0.15, -0.1) is 11.6 Å². The van der Waals surface area contributed by atoms with E-state index in [9.17, 15) is 0 Å². The Morgan fingerprint density at radius 2 is 1.70 bits per heavy atom. The molecule has 0 spiro atoms. The van der Waals surface area contributed by atoms with Gasteiger partial charge in [0.1, 0.15) is 5.75 Å². The third-order valence-electron chi connectivity index (χ3n) is 3.52. The van der Waals surface area contributed by atoms with Crippen molar-refractivity contribution in [2.24, 2.45) is 5.92 Å². The van der Waals surface area contributed by atoms with E-state index in [2.05, 4.69) is 43.3 Å². The lowest BCUT2D eigenvalue weighted by Gasteiger charge is -2.15. The van der Waals surface area contributed by atoms with Crippen LogP contribution in [0.15, 0.2) is 48.5 Å². The first-order valence-corrected chi connectivity index (χ1v) is 7.49. The van der Waals surface area contributed by atoms with Crippen LogP contribution in [0.5, 0.6) is 5.75 Å². The Morgan fingerprint density at radius 1 is 1.00 bits per heavy atom. The first kappa shape index (κ1) is 14.9. The molecule has 2 rings (SSSR count). The van der Waals surface area contributed by atoms with Gasteiger partial charge in [0.05, 0.1) is 7.11 Å². The quantitative estimate of drug-likeness (QED) is 0.704. The number of hydrogen-bond donors (Lipinski definition) is 0. The van der Waals surface area contributed by atoms with Crippen molar-refractivity contribution in [1.29, 1.82) is 0 Å². The summed E-state index contributed by atoms with van der Waals surface area (Å²) in [6.45, 7) is 2.11. The molecule has 0 aromatic heterocycles. The summed E-state index contributed by atoms with van der Waals surface area (Å²) in [4.78, 5) is 0. The highest BCUT2D eigenvalue weighted by molar-refractivity contribution is 6.18. The summed E-state index contributed by atoms with van der Waals surface area (Å²) < 4.78 is 5.27. The normalized spacial score (nSPS) is 12.2. The van der Waals surface area contributed by atoms with Crippen LogP contribution in [-0.2, 0) is 12.8 Å². The van der Waals surface area contributed by atoms with E-state index in [0.717, 1.165) is 18.6 Å². The van der Waals surface area contributed by atoms with Gasteiger partial charge in [0, 0.05) is 5.88 Å². The molecular formula is C18H21ClO. The van der Waals surface area contributed by atoms with Gasteiger partial charge in [0.2, 0.25) is 0 Å². The number of hydrogen-bond acceptors (Lipinski definition) is 1. The van der Waals surface area contributed by atoms with Crippen molar-refractivity contribution in [3.05, 3.63) is 65.2 Å². The van der Waals surface area contributed by atoms with Crippen LogP contribution in [0, 0.1) is 12.8 Å². The second-order valence-corrected chi connectivity index (χ2v) is 5.57. The third-order valence-corrected chi connectivity index (χ3v) is 3.96. The lowest BCUT2D eigenvalue weighted by Crippen LogP contribution is -2.10. The smallest absolute Gasteiger partial charge is 0.119 e. The molecule has 0 saturated carbocycles. The number of benzene rings is 2. The average molecular weight is 289 g/mol. The Balaban J connectivity index is 2.02. The first-order valence-electron chi connectivity index (χ1n) is 6.95. The second-order valence-electron chi connectivity index (χ2n) is 5.27. The SMILES string of the molecule is COc1cccc(CC(CCl)Cc2ccc(C)cc2)c1. The van der Waals surface area contributed by atoms with Crippen molar-refractivity contribution in [1.82, 2.24) is 0 Å². The molecule has 0 radical (unpaired) electrons. The van der Waals surface area contributed by atoms with Gasteiger partial charge in [0.25, 0.3) is 0 Å². The van der Waals surface area contributed by atoms with Crippen LogP contribution in [-0.4, -0.2) is 13.0 Å². The Labute approximate surface area is 126 Å². The van der Waals surface area contributed by atoms with Gasteiger partial charge in [0.15, 0.2) is 0 Å². The van der Waals surface area contributed by atoms with Crippen LogP contribution in [0.3, 0.4) is 0 Å². The zero-order chi connectivity index (χ0) is 14.4. The summed E-state index contributed by atoms with van der Waals surface area (Å²) in [5.41, 5.74) is 3.93. The summed E-state index contributed by atoms with van der Waals surface area (Å²) >= 11 is 6.14. The van der Waals surface area contributed by atoms with Crippen molar-refractivity contribution in [3.8, 4) is 5.75 Å². The van der Waals surface area contributed by atoms with Crippen LogP contribution in [0.25, 0.3) is 0 Å². The van der Waals surface area contributed by atoms with E-state index in [0.29, 0.717) is 11.8 Å². The lowest BCUT2D eigenvalue weighted by molar-refractivity contribution is 0.414. The maximum Gasteiger partial charge on any atom is 0.119 e. The molecular weight excluding hydrogens is 268 g/mol. The molecule has 0 aliphatic carbocycles. The van der Waals surface area contributed by atoms with Gasteiger partial charge in [-0.3, -0.25) is 0 Å². The van der Waals surface area contributed by atoms with E-state index in [1.807, 2.05) is 12.1 Å². The molecule has 1 unspecified atom stereocenters. The number of halogens is 1. The molecule has 0 amide bonds. The maximum atomic E-state index is 6.14. The predicted molar refractivity (Wildman–Crippen MR) is 85.8 cm³/mol. The van der Waals surface area contributed by atoms with E-state index in [4.69, 9.17) is 16.3 Å². The number of aryl methyl sites for hydroxylation is 1. The van der Waals surface area contributed by atoms with E-state index in [1.165, 1.54) is 16.7 Å². The number of rotatable bonds is 6. The molecule has 0 saturated heterocycles. The predicted octanol–water partition coefficient (Wildman–Crippen LogP) is 4.64. The fourth-order valence-electron chi connectivity index (χ4n) is 2.37. The van der Waals surface area contributed by atoms with Crippen LogP contribution in [0.4, 0.5) is 0 Å². The minimum Gasteiger partial charge on any atom is -0.497 e. The molecule has 1 nitrogen and oxygen atoms in total. The first-order chi connectivity index (χ1) is 9.71. The minimum absolute atomic E-state index is 0.450. The number of methoxy groups -OCH3 is 1. The molecule has 0 aliphatic heterocycles. The maximum absolute atomic E-state index is 6.14. The molecule has 0 N–H and O–H groups in total. The molecule has 2 aromatic carbocycles. The molecule has 2 aromatic rings. The van der Waals surface area contributed by atoms with Crippen molar-refractivity contribution in [2.45, 2.75) is 19.8 Å². The van der Waals surface area contributed by atoms with Crippen LogP contribution >= 0.6 is 11.6 Å². The fourth-order valence-corrected chi connectivity index (χ4v) is 2.59. The summed E-state index contributed by atoms with van der Waals surface area (Å²) in [6, 6.07) is 16.9. The summed E-state index contributed by atoms with van der Waals surface area (Å²) in [5.74, 6) is 2.03. The number of ether oxygens (including phenoxy) is 1. The zero-order valence-electron chi connectivity index (χ0n) is 12.1. The lowest BCUT2D eigenvalue weighted by atomic mass is 9.93. The average Bonchev–Trinajstić information content (AvgIpc) is 2.49. The fraction of sp³-hybridized carbons (Fsp3) is 0.333. The molecule has 20 heavy (non-hydrogen) atoms. The summed E-state index contributed by atoms with van der Waals surface area (Å²) in [7, 11) is 1.70. The molecule has 106 valence electrons. The standard InChI is InChI=1S/C18H21ClO/c1-14-6-8-15(9-7-14)10-17(13-19)11-16-4-3-5-18(12-16)20-2/h3-9,12,17H,10-11,13H2,1-2H3. The second kappa shape index (κ2) is 7.35. The van der Waals surface area contributed by atoms with Crippen molar-refractivity contribution >= 4 is 11.6 Å². The molecule has 0 bridgehead atoms. The van der Waals surface area contributed by atoms with Crippen LogP contribution in [0.1, 0.15) is 16.7 Å². The highest BCUT2D eigenvalue weighted by atomic mass is 35.5. The van der Waals surface area contributed by atoms with Gasteiger partial charge in [-0.1, -0.05) is 42.0 Å². The number of alkyl halides is 1. The monoisotopic (exact) mass is 288 g/mol. The summed E-state index contributed by atoms with van der Waals surface area (Å²) in [6.07, 6.45) is 2.00. The largest absolute Gasteiger partial charge is 0.497 e. The van der Waals surface area contributed by atoms with Crippen LogP contribution in [0.2, 0.25) is 0 Å². The van der Waals surface area contributed by atoms with Crippen molar-refractivity contribution in [3.63, 3.8) is 0 Å². The Bertz CT molecular complexity index is 533. The van der Waals surface area contributed by atoms with E-state index in [-0.39, 0.29) is 0 Å². The van der Waals surface area contributed by atoms with Crippen molar-refractivity contribution < 1.29 is 4.74 Å². The van der Waals surface area contributed by atoms with Gasteiger partial charge < -0.3 is 4.74 Å². The highest BCUT2D eigenvalue weighted by Crippen LogP contribution is 2.20. The summed E-state index contributed by atoms with van der Waals surface area (Å²) in [5, 5.41) is 0. The molecule has 0 heterocycles. The molecule has 2 heteroatoms. The highest BCUT2D eigenvalue weighted by Gasteiger charge is 2.10. The molecule has 0 fully saturated rings. The minimum atomic E-state index is 0.450. The van der Waals surface area contributed by atoms with E-state index < -0.39 is 0 Å². The van der Waals surface area contributed by atoms with E-state index >= 15 is 0 Å². The third kappa shape index (κ3) is 4.28. The molecule has 0 aliphatic rings. The van der Waals surface area contributed by atoms with Gasteiger partial charge in [-0.25, -0.2) is 0 Å². The zero-order valence-corrected chi connectivity index (χ0v) is 12.9. The van der Waals surface area contributed by atoms with Gasteiger partial charge in [-0.05, 0) is 48.9 Å². The van der Waals surface area contributed by atoms with E-state index in [1.54, 1.807) is 7.11 Å². The van der Waals surface area contributed by atoms with Crippen LogP contribution < -0.4 is 4.74 Å². The topological polar surface area (TPSA) is 9.23 Å². The van der Waals surface area contributed by atoms with Crippen molar-refractivity contribution in [2.75, 3.05) is 13.0 Å². The van der Waals surface area contributed by atoms with Gasteiger partial charge in [-0.2, -0.15) is 0 Å². The Kier molecular flexibility index (Phi) is 5.49. The Morgan fingerprint density at radius 3 is 2.35 bits per heavy atom.